The van der Waals surface area contributed by atoms with E-state index in [-0.39, 0.29) is 11.7 Å². The lowest BCUT2D eigenvalue weighted by atomic mass is 9.99. The highest BCUT2D eigenvalue weighted by Gasteiger charge is 2.21. The van der Waals surface area contributed by atoms with Gasteiger partial charge in [0.2, 0.25) is 0 Å². The molecule has 142 valence electrons. The maximum absolute atomic E-state index is 12.9. The van der Waals surface area contributed by atoms with Gasteiger partial charge in [-0.25, -0.2) is 9.37 Å². The molecule has 0 spiro atoms. The van der Waals surface area contributed by atoms with Crippen LogP contribution >= 0.6 is 0 Å². The Morgan fingerprint density at radius 2 is 1.82 bits per heavy atom. The number of nitrogens with one attached hydrogen (secondary N) is 1. The quantitative estimate of drug-likeness (QED) is 0.731. The molecule has 0 bridgehead atoms. The van der Waals surface area contributed by atoms with Crippen LogP contribution in [0.3, 0.4) is 0 Å². The van der Waals surface area contributed by atoms with Crippen LogP contribution in [-0.4, -0.2) is 28.9 Å². The van der Waals surface area contributed by atoms with Crippen LogP contribution in [0, 0.1) is 5.82 Å². The van der Waals surface area contributed by atoms with Crippen LogP contribution in [-0.2, 0) is 19.4 Å². The van der Waals surface area contributed by atoms with Crippen molar-refractivity contribution in [1.82, 2.24) is 9.88 Å². The van der Waals surface area contributed by atoms with Crippen LogP contribution in [0.15, 0.2) is 66.9 Å². The molecule has 0 unspecified atom stereocenters. The van der Waals surface area contributed by atoms with E-state index in [1.807, 2.05) is 29.2 Å². The van der Waals surface area contributed by atoms with Crippen molar-refractivity contribution in [3.8, 4) is 0 Å². The van der Waals surface area contributed by atoms with E-state index in [2.05, 4.69) is 22.4 Å². The Labute approximate surface area is 164 Å². The summed E-state index contributed by atoms with van der Waals surface area (Å²) < 4.78 is 12.9. The number of aromatic nitrogens is 1. The van der Waals surface area contributed by atoms with Crippen LogP contribution in [0.1, 0.15) is 27.0 Å². The number of hydrogen-bond acceptors (Lipinski definition) is 3. The van der Waals surface area contributed by atoms with E-state index in [1.165, 1.54) is 23.3 Å². The standard InChI is InChI=1S/C23H22FN3O/c24-21-8-5-17(6-9-21)11-13-25-22-10-7-19(15-26-22)23(28)27-14-12-18-3-1-2-4-20(18)16-27/h1-10,15H,11-14,16H2,(H,25,26). The van der Waals surface area contributed by atoms with E-state index in [0.717, 1.165) is 30.8 Å². The average molecular weight is 375 g/mol. The van der Waals surface area contributed by atoms with Gasteiger partial charge < -0.3 is 10.2 Å². The molecule has 0 atom stereocenters. The van der Waals surface area contributed by atoms with Gasteiger partial charge in [-0.1, -0.05) is 36.4 Å². The molecule has 1 aromatic heterocycles. The number of pyridine rings is 1. The number of benzene rings is 2. The number of nitrogens with zero attached hydrogens (tertiary/aromatic N) is 2. The van der Waals surface area contributed by atoms with Crippen molar-refractivity contribution >= 4 is 11.7 Å². The summed E-state index contributed by atoms with van der Waals surface area (Å²) in [7, 11) is 0. The van der Waals surface area contributed by atoms with Crippen LogP contribution in [0.5, 0.6) is 0 Å². The molecule has 4 nitrogen and oxygen atoms in total. The average Bonchev–Trinajstić information content (AvgIpc) is 2.75. The first-order chi connectivity index (χ1) is 13.7. The van der Waals surface area contributed by atoms with Gasteiger partial charge in [0.25, 0.3) is 5.91 Å². The number of carbonyl (C=O) groups excluding carboxylic acids is 1. The molecular formula is C23H22FN3O. The molecule has 0 radical (unpaired) electrons. The van der Waals surface area contributed by atoms with Gasteiger partial charge in [-0.15, -0.1) is 0 Å². The predicted octanol–water partition coefficient (Wildman–Crippen LogP) is 4.07. The van der Waals surface area contributed by atoms with Crippen molar-refractivity contribution in [2.45, 2.75) is 19.4 Å². The van der Waals surface area contributed by atoms with Crippen LogP contribution < -0.4 is 5.32 Å². The molecule has 1 aliphatic rings. The minimum Gasteiger partial charge on any atom is -0.370 e. The summed E-state index contributed by atoms with van der Waals surface area (Å²) in [6.45, 7) is 2.06. The number of amides is 1. The molecule has 3 aromatic rings. The van der Waals surface area contributed by atoms with Crippen LogP contribution in [0.25, 0.3) is 0 Å². The molecule has 1 N–H and O–H groups in total. The molecule has 2 aromatic carbocycles. The molecule has 0 fully saturated rings. The van der Waals surface area contributed by atoms with Gasteiger partial charge in [0, 0.05) is 25.8 Å². The second-order valence-corrected chi connectivity index (χ2v) is 6.98. The van der Waals surface area contributed by atoms with Gasteiger partial charge in [0.05, 0.1) is 5.56 Å². The molecule has 28 heavy (non-hydrogen) atoms. The van der Waals surface area contributed by atoms with Crippen molar-refractivity contribution in [2.75, 3.05) is 18.4 Å². The summed E-state index contributed by atoms with van der Waals surface area (Å²) in [5.41, 5.74) is 4.20. The number of anilines is 1. The van der Waals surface area contributed by atoms with Crippen molar-refractivity contribution in [2.24, 2.45) is 0 Å². The molecule has 4 rings (SSSR count). The normalized spacial score (nSPS) is 13.1. The maximum Gasteiger partial charge on any atom is 0.255 e. The van der Waals surface area contributed by atoms with E-state index in [0.29, 0.717) is 18.7 Å². The van der Waals surface area contributed by atoms with Crippen LogP contribution in [0.2, 0.25) is 0 Å². The smallest absolute Gasteiger partial charge is 0.255 e. The molecule has 1 aliphatic heterocycles. The summed E-state index contributed by atoms with van der Waals surface area (Å²) in [4.78, 5) is 19.0. The Morgan fingerprint density at radius 1 is 1.04 bits per heavy atom. The SMILES string of the molecule is O=C(c1ccc(NCCc2ccc(F)cc2)nc1)N1CCc2ccccc2C1. The summed E-state index contributed by atoms with van der Waals surface area (Å²) in [5.74, 6) is 0.512. The Morgan fingerprint density at radius 3 is 2.57 bits per heavy atom. The second-order valence-electron chi connectivity index (χ2n) is 6.98. The third-order valence-corrected chi connectivity index (χ3v) is 5.06. The summed E-state index contributed by atoms with van der Waals surface area (Å²) >= 11 is 0. The topological polar surface area (TPSA) is 45.2 Å². The van der Waals surface area contributed by atoms with Gasteiger partial charge in [0.1, 0.15) is 11.6 Å². The fourth-order valence-electron chi connectivity index (χ4n) is 3.46. The number of carbonyl (C=O) groups is 1. The lowest BCUT2D eigenvalue weighted by Gasteiger charge is -2.28. The number of fused-ring (bicyclic) bond motifs is 1. The summed E-state index contributed by atoms with van der Waals surface area (Å²) in [6, 6.07) is 18.4. The van der Waals surface area contributed by atoms with Crippen LogP contribution in [0.4, 0.5) is 10.2 Å². The Kier molecular flexibility index (Phi) is 5.33. The Balaban J connectivity index is 1.33. The first kappa shape index (κ1) is 18.2. The summed E-state index contributed by atoms with van der Waals surface area (Å²) in [5, 5.41) is 3.24. The van der Waals surface area contributed by atoms with Crippen molar-refractivity contribution in [3.63, 3.8) is 0 Å². The largest absolute Gasteiger partial charge is 0.370 e. The zero-order valence-electron chi connectivity index (χ0n) is 15.6. The Bertz CT molecular complexity index is 954. The van der Waals surface area contributed by atoms with Crippen molar-refractivity contribution in [1.29, 1.82) is 0 Å². The lowest BCUT2D eigenvalue weighted by molar-refractivity contribution is 0.0734. The maximum atomic E-state index is 12.9. The number of rotatable bonds is 5. The first-order valence-electron chi connectivity index (χ1n) is 9.49. The fourth-order valence-corrected chi connectivity index (χ4v) is 3.46. The fraction of sp³-hybridized carbons (Fsp3) is 0.217. The minimum absolute atomic E-state index is 0.0138. The minimum atomic E-state index is -0.226. The predicted molar refractivity (Wildman–Crippen MR) is 108 cm³/mol. The molecule has 2 heterocycles. The van der Waals surface area contributed by atoms with E-state index in [9.17, 15) is 9.18 Å². The highest BCUT2D eigenvalue weighted by atomic mass is 19.1. The van der Waals surface area contributed by atoms with Gasteiger partial charge in [-0.2, -0.15) is 0 Å². The number of hydrogen-bond donors (Lipinski definition) is 1. The molecule has 0 saturated carbocycles. The molecular weight excluding hydrogens is 353 g/mol. The molecule has 5 heteroatoms. The zero-order chi connectivity index (χ0) is 19.3. The molecule has 0 aliphatic carbocycles. The van der Waals surface area contributed by atoms with E-state index in [1.54, 1.807) is 18.3 Å². The van der Waals surface area contributed by atoms with Crippen molar-refractivity contribution in [3.05, 3.63) is 94.9 Å². The van der Waals surface area contributed by atoms with E-state index in [4.69, 9.17) is 0 Å². The van der Waals surface area contributed by atoms with Gasteiger partial charge >= 0.3 is 0 Å². The third-order valence-electron chi connectivity index (χ3n) is 5.06. The monoisotopic (exact) mass is 375 g/mol. The highest BCUT2D eigenvalue weighted by molar-refractivity contribution is 5.94. The van der Waals surface area contributed by atoms with E-state index < -0.39 is 0 Å². The molecule has 1 amide bonds. The van der Waals surface area contributed by atoms with Crippen molar-refractivity contribution < 1.29 is 9.18 Å². The molecule has 0 saturated heterocycles. The van der Waals surface area contributed by atoms with Gasteiger partial charge in [-0.05, 0) is 53.8 Å². The second kappa shape index (κ2) is 8.21. The summed E-state index contributed by atoms with van der Waals surface area (Å²) in [6.07, 6.45) is 3.29. The zero-order valence-corrected chi connectivity index (χ0v) is 15.6. The van der Waals surface area contributed by atoms with Gasteiger partial charge in [0.15, 0.2) is 0 Å². The lowest BCUT2D eigenvalue weighted by Crippen LogP contribution is -2.36. The number of halogens is 1. The van der Waals surface area contributed by atoms with E-state index >= 15 is 0 Å². The first-order valence-corrected chi connectivity index (χ1v) is 9.49. The van der Waals surface area contributed by atoms with Gasteiger partial charge in [-0.3, -0.25) is 4.79 Å². The Hall–Kier alpha value is -3.21. The third kappa shape index (κ3) is 4.19. The highest BCUT2D eigenvalue weighted by Crippen LogP contribution is 2.20.